The molecule has 0 aromatic heterocycles. The maximum Gasteiger partial charge on any atom is 0.236 e. The molecule has 0 aliphatic heterocycles. The third kappa shape index (κ3) is 6.06. The predicted molar refractivity (Wildman–Crippen MR) is 81.7 cm³/mol. The topological polar surface area (TPSA) is 64.3 Å². The molecule has 4 heteroatoms. The van der Waals surface area contributed by atoms with Gasteiger partial charge < -0.3 is 15.8 Å². The van der Waals surface area contributed by atoms with Gasteiger partial charge in [0.1, 0.15) is 5.75 Å². The van der Waals surface area contributed by atoms with E-state index in [0.29, 0.717) is 25.5 Å². The lowest BCUT2D eigenvalue weighted by atomic mass is 10.0. The van der Waals surface area contributed by atoms with Crippen LogP contribution < -0.4 is 15.8 Å². The molecule has 3 N–H and O–H groups in total. The molecule has 4 nitrogen and oxygen atoms in total. The third-order valence-corrected chi connectivity index (χ3v) is 3.03. The van der Waals surface area contributed by atoms with Crippen LogP contribution in [0.4, 0.5) is 0 Å². The van der Waals surface area contributed by atoms with Crippen LogP contribution in [-0.4, -0.2) is 25.1 Å². The van der Waals surface area contributed by atoms with Gasteiger partial charge in [-0.05, 0) is 37.3 Å². The normalized spacial score (nSPS) is 12.2. The number of nitrogens with two attached hydrogens (primary N) is 1. The van der Waals surface area contributed by atoms with E-state index in [1.165, 1.54) is 0 Å². The average molecular weight is 278 g/mol. The molecule has 0 saturated carbocycles. The number of ether oxygens (including phenoxy) is 1. The number of carbonyl (C=O) groups excluding carboxylic acids is 1. The minimum absolute atomic E-state index is 0.0745. The number of nitrogens with one attached hydrogen (secondary N) is 1. The first-order valence-electron chi connectivity index (χ1n) is 7.22. The van der Waals surface area contributed by atoms with Crippen LogP contribution in [0.3, 0.4) is 0 Å². The van der Waals surface area contributed by atoms with Crippen LogP contribution in [-0.2, 0) is 4.79 Å². The maximum atomic E-state index is 11.7. The van der Waals surface area contributed by atoms with E-state index in [9.17, 15) is 4.79 Å². The van der Waals surface area contributed by atoms with Crippen molar-refractivity contribution in [2.24, 2.45) is 11.7 Å². The standard InChI is InChI=1S/C16H26N2O2/c1-12(2)11-14(17)16(19)18-9-6-10-20-15-8-5-4-7-13(15)3/h4-5,7-8,12,14H,6,9-11,17H2,1-3H3,(H,18,19)/t14-/m0/s1. The van der Waals surface area contributed by atoms with Crippen molar-refractivity contribution >= 4 is 5.91 Å². The number of carbonyl (C=O) groups is 1. The van der Waals surface area contributed by atoms with E-state index in [-0.39, 0.29) is 5.91 Å². The second kappa shape index (κ2) is 8.59. The van der Waals surface area contributed by atoms with Crippen LogP contribution in [0.15, 0.2) is 24.3 Å². The fraction of sp³-hybridized carbons (Fsp3) is 0.562. The van der Waals surface area contributed by atoms with Gasteiger partial charge in [-0.3, -0.25) is 4.79 Å². The highest BCUT2D eigenvalue weighted by Gasteiger charge is 2.13. The fourth-order valence-corrected chi connectivity index (χ4v) is 1.93. The molecule has 0 spiro atoms. The zero-order valence-electron chi connectivity index (χ0n) is 12.7. The molecule has 0 unspecified atom stereocenters. The number of hydrogen-bond donors (Lipinski definition) is 2. The Kier molecular flexibility index (Phi) is 7.09. The molecule has 112 valence electrons. The van der Waals surface area contributed by atoms with Gasteiger partial charge >= 0.3 is 0 Å². The number of aryl methyl sites for hydroxylation is 1. The summed E-state index contributed by atoms with van der Waals surface area (Å²) in [5.74, 6) is 1.25. The van der Waals surface area contributed by atoms with Crippen molar-refractivity contribution < 1.29 is 9.53 Å². The first-order valence-corrected chi connectivity index (χ1v) is 7.22. The van der Waals surface area contributed by atoms with Gasteiger partial charge in [-0.1, -0.05) is 32.0 Å². The third-order valence-electron chi connectivity index (χ3n) is 3.03. The molecule has 0 saturated heterocycles. The van der Waals surface area contributed by atoms with E-state index >= 15 is 0 Å². The van der Waals surface area contributed by atoms with Crippen molar-refractivity contribution in [2.75, 3.05) is 13.2 Å². The van der Waals surface area contributed by atoms with E-state index in [1.807, 2.05) is 31.2 Å². The lowest BCUT2D eigenvalue weighted by Gasteiger charge is -2.14. The highest BCUT2D eigenvalue weighted by atomic mass is 16.5. The first kappa shape index (κ1) is 16.5. The van der Waals surface area contributed by atoms with Crippen molar-refractivity contribution in [3.8, 4) is 5.75 Å². The van der Waals surface area contributed by atoms with Crippen LogP contribution in [0, 0.1) is 12.8 Å². The van der Waals surface area contributed by atoms with Crippen LogP contribution in [0.5, 0.6) is 5.75 Å². The van der Waals surface area contributed by atoms with Gasteiger partial charge in [0.2, 0.25) is 5.91 Å². The minimum Gasteiger partial charge on any atom is -0.493 e. The molecular formula is C16H26N2O2. The monoisotopic (exact) mass is 278 g/mol. The molecule has 1 rings (SSSR count). The van der Waals surface area contributed by atoms with Crippen molar-refractivity contribution in [1.82, 2.24) is 5.32 Å². The van der Waals surface area contributed by atoms with E-state index in [4.69, 9.17) is 10.5 Å². The summed E-state index contributed by atoms with van der Waals surface area (Å²) in [7, 11) is 0. The van der Waals surface area contributed by atoms with Crippen LogP contribution in [0.1, 0.15) is 32.3 Å². The van der Waals surface area contributed by atoms with Crippen molar-refractivity contribution in [3.05, 3.63) is 29.8 Å². The summed E-state index contributed by atoms with van der Waals surface area (Å²) >= 11 is 0. The number of hydrogen-bond acceptors (Lipinski definition) is 3. The van der Waals surface area contributed by atoms with Crippen molar-refractivity contribution in [3.63, 3.8) is 0 Å². The molecule has 0 aliphatic carbocycles. The quantitative estimate of drug-likeness (QED) is 0.717. The van der Waals surface area contributed by atoms with Gasteiger partial charge in [-0.25, -0.2) is 0 Å². The SMILES string of the molecule is Cc1ccccc1OCCCNC(=O)[C@@H](N)CC(C)C. The van der Waals surface area contributed by atoms with Gasteiger partial charge in [0, 0.05) is 6.54 Å². The maximum absolute atomic E-state index is 11.7. The highest BCUT2D eigenvalue weighted by molar-refractivity contribution is 5.81. The second-order valence-corrected chi connectivity index (χ2v) is 5.49. The van der Waals surface area contributed by atoms with E-state index in [2.05, 4.69) is 19.2 Å². The van der Waals surface area contributed by atoms with Crippen LogP contribution in [0.25, 0.3) is 0 Å². The Balaban J connectivity index is 2.16. The Labute approximate surface area is 121 Å². The highest BCUT2D eigenvalue weighted by Crippen LogP contribution is 2.15. The summed E-state index contributed by atoms with van der Waals surface area (Å²) in [5, 5.41) is 2.84. The Bertz CT molecular complexity index is 419. The number of rotatable bonds is 8. The van der Waals surface area contributed by atoms with Gasteiger partial charge in [0.05, 0.1) is 12.6 Å². The average Bonchev–Trinajstić information content (AvgIpc) is 2.39. The summed E-state index contributed by atoms with van der Waals surface area (Å²) in [6.45, 7) is 7.31. The molecule has 1 aromatic rings. The summed E-state index contributed by atoms with van der Waals surface area (Å²) in [4.78, 5) is 11.7. The van der Waals surface area contributed by atoms with Crippen molar-refractivity contribution in [1.29, 1.82) is 0 Å². The molecule has 0 fully saturated rings. The zero-order valence-corrected chi connectivity index (χ0v) is 12.7. The zero-order chi connectivity index (χ0) is 15.0. The molecule has 0 aliphatic rings. The lowest BCUT2D eigenvalue weighted by molar-refractivity contribution is -0.122. The van der Waals surface area contributed by atoms with E-state index in [1.54, 1.807) is 0 Å². The molecule has 1 atom stereocenters. The molecule has 0 bridgehead atoms. The first-order chi connectivity index (χ1) is 9.50. The Morgan fingerprint density at radius 2 is 2.05 bits per heavy atom. The Morgan fingerprint density at radius 3 is 2.70 bits per heavy atom. The van der Waals surface area contributed by atoms with Gasteiger partial charge in [0.25, 0.3) is 0 Å². The number of amides is 1. The molecule has 0 heterocycles. The summed E-state index contributed by atoms with van der Waals surface area (Å²) in [6, 6.07) is 7.49. The van der Waals surface area contributed by atoms with Crippen LogP contribution in [0.2, 0.25) is 0 Å². The summed E-state index contributed by atoms with van der Waals surface area (Å²) in [5.41, 5.74) is 6.92. The lowest BCUT2D eigenvalue weighted by Crippen LogP contribution is -2.41. The molecule has 1 aromatic carbocycles. The van der Waals surface area contributed by atoms with Crippen molar-refractivity contribution in [2.45, 2.75) is 39.7 Å². The Hall–Kier alpha value is -1.55. The largest absolute Gasteiger partial charge is 0.493 e. The fourth-order valence-electron chi connectivity index (χ4n) is 1.93. The smallest absolute Gasteiger partial charge is 0.236 e. The van der Waals surface area contributed by atoms with Crippen LogP contribution >= 0.6 is 0 Å². The summed E-state index contributed by atoms with van der Waals surface area (Å²) < 4.78 is 5.66. The van der Waals surface area contributed by atoms with Gasteiger partial charge in [-0.15, -0.1) is 0 Å². The predicted octanol–water partition coefficient (Wildman–Crippen LogP) is 2.25. The molecule has 1 amide bonds. The van der Waals surface area contributed by atoms with Gasteiger partial charge in [-0.2, -0.15) is 0 Å². The molecule has 20 heavy (non-hydrogen) atoms. The second-order valence-electron chi connectivity index (χ2n) is 5.49. The van der Waals surface area contributed by atoms with Gasteiger partial charge in [0.15, 0.2) is 0 Å². The molecule has 0 radical (unpaired) electrons. The molecular weight excluding hydrogens is 252 g/mol. The van der Waals surface area contributed by atoms with E-state index in [0.717, 1.165) is 17.7 Å². The minimum atomic E-state index is -0.410. The number of benzene rings is 1. The summed E-state index contributed by atoms with van der Waals surface area (Å²) in [6.07, 6.45) is 1.49. The Morgan fingerprint density at radius 1 is 1.35 bits per heavy atom. The number of para-hydroxylation sites is 1. The van der Waals surface area contributed by atoms with E-state index < -0.39 is 6.04 Å².